The van der Waals surface area contributed by atoms with Crippen LogP contribution >= 0.6 is 11.8 Å². The van der Waals surface area contributed by atoms with Gasteiger partial charge in [0.25, 0.3) is 0 Å². The lowest BCUT2D eigenvalue weighted by atomic mass is 10.2. The van der Waals surface area contributed by atoms with E-state index in [9.17, 15) is 0 Å². The van der Waals surface area contributed by atoms with Gasteiger partial charge in [-0.15, -0.1) is 10.2 Å². The summed E-state index contributed by atoms with van der Waals surface area (Å²) >= 11 is 1.64. The molecular weight excluding hydrogens is 370 g/mol. The van der Waals surface area contributed by atoms with Gasteiger partial charge < -0.3 is 9.30 Å². The fraction of sp³-hybridized carbons (Fsp3) is 0.143. The summed E-state index contributed by atoms with van der Waals surface area (Å²) in [7, 11) is 0. The van der Waals surface area contributed by atoms with Gasteiger partial charge in [-0.25, -0.2) is 0 Å². The van der Waals surface area contributed by atoms with Crippen LogP contribution in [0.4, 0.5) is 0 Å². The van der Waals surface area contributed by atoms with Gasteiger partial charge in [0.05, 0.1) is 6.20 Å². The summed E-state index contributed by atoms with van der Waals surface area (Å²) in [6, 6.07) is 15.7. The first-order valence-electron chi connectivity index (χ1n) is 8.97. The van der Waals surface area contributed by atoms with Gasteiger partial charge in [0, 0.05) is 42.0 Å². The Morgan fingerprint density at radius 2 is 1.79 bits per heavy atom. The standard InChI is InChI=1S/C21H19N5OS/c1-2-26-20(16-9-12-22-13-10-16)24-25-21(26)28-15-17-6-3-4-8-19(17)27-18-7-5-11-23-14-18/h3-14H,2,15H2,1H3. The number of para-hydroxylation sites is 1. The molecule has 3 aromatic heterocycles. The molecule has 0 saturated heterocycles. The van der Waals surface area contributed by atoms with Crippen molar-refractivity contribution in [2.75, 3.05) is 0 Å². The second-order valence-corrected chi connectivity index (χ2v) is 6.92. The van der Waals surface area contributed by atoms with Crippen LogP contribution in [0.15, 0.2) is 78.5 Å². The van der Waals surface area contributed by atoms with E-state index in [0.29, 0.717) is 0 Å². The van der Waals surface area contributed by atoms with Crippen LogP contribution in [0.1, 0.15) is 12.5 Å². The molecule has 0 aliphatic heterocycles. The molecule has 0 amide bonds. The van der Waals surface area contributed by atoms with Gasteiger partial charge in [-0.3, -0.25) is 9.97 Å². The maximum absolute atomic E-state index is 6.00. The molecular formula is C21H19N5OS. The number of rotatable bonds is 7. The Balaban J connectivity index is 1.53. The van der Waals surface area contributed by atoms with Gasteiger partial charge >= 0.3 is 0 Å². The molecule has 4 aromatic rings. The number of nitrogens with zero attached hydrogens (tertiary/aromatic N) is 5. The molecule has 7 heteroatoms. The fourth-order valence-corrected chi connectivity index (χ4v) is 3.79. The first-order chi connectivity index (χ1) is 13.8. The Morgan fingerprint density at radius 3 is 2.57 bits per heavy atom. The third-order valence-electron chi connectivity index (χ3n) is 4.16. The van der Waals surface area contributed by atoms with E-state index in [0.717, 1.165) is 45.9 Å². The topological polar surface area (TPSA) is 65.7 Å². The molecule has 0 aliphatic carbocycles. The molecule has 1 aromatic carbocycles. The molecule has 0 aliphatic rings. The fourth-order valence-electron chi connectivity index (χ4n) is 2.79. The molecule has 0 radical (unpaired) electrons. The minimum absolute atomic E-state index is 0.719. The van der Waals surface area contributed by atoms with Crippen molar-refractivity contribution in [2.24, 2.45) is 0 Å². The molecule has 0 spiro atoms. The third-order valence-corrected chi connectivity index (χ3v) is 5.18. The number of aromatic nitrogens is 5. The maximum atomic E-state index is 6.00. The summed E-state index contributed by atoms with van der Waals surface area (Å²) in [5.41, 5.74) is 2.10. The predicted octanol–water partition coefficient (Wildman–Crippen LogP) is 4.84. The molecule has 28 heavy (non-hydrogen) atoms. The van der Waals surface area contributed by atoms with Crippen LogP contribution in [-0.4, -0.2) is 24.7 Å². The highest BCUT2D eigenvalue weighted by Gasteiger charge is 2.14. The molecule has 6 nitrogen and oxygen atoms in total. The predicted molar refractivity (Wildman–Crippen MR) is 109 cm³/mol. The Morgan fingerprint density at radius 1 is 0.929 bits per heavy atom. The quantitative estimate of drug-likeness (QED) is 0.421. The third kappa shape index (κ3) is 4.04. The van der Waals surface area contributed by atoms with Gasteiger partial charge in [-0.1, -0.05) is 30.0 Å². The number of benzene rings is 1. The zero-order valence-electron chi connectivity index (χ0n) is 15.4. The largest absolute Gasteiger partial charge is 0.455 e. The van der Waals surface area contributed by atoms with Gasteiger partial charge in [0.15, 0.2) is 11.0 Å². The van der Waals surface area contributed by atoms with Crippen LogP contribution in [0.5, 0.6) is 11.5 Å². The number of thioether (sulfide) groups is 1. The second kappa shape index (κ2) is 8.67. The molecule has 4 rings (SSSR count). The van der Waals surface area contributed by atoms with E-state index < -0.39 is 0 Å². The zero-order chi connectivity index (χ0) is 19.2. The summed E-state index contributed by atoms with van der Waals surface area (Å²) in [5.74, 6) is 3.12. The first kappa shape index (κ1) is 18.2. The zero-order valence-corrected chi connectivity index (χ0v) is 16.2. The van der Waals surface area contributed by atoms with Crippen LogP contribution in [0.3, 0.4) is 0 Å². The number of hydrogen-bond acceptors (Lipinski definition) is 6. The van der Waals surface area contributed by atoms with E-state index in [-0.39, 0.29) is 0 Å². The molecule has 0 fully saturated rings. The van der Waals surface area contributed by atoms with E-state index in [1.807, 2.05) is 42.5 Å². The van der Waals surface area contributed by atoms with E-state index in [1.54, 1.807) is 36.5 Å². The molecule has 140 valence electrons. The van der Waals surface area contributed by atoms with Crippen molar-refractivity contribution in [2.45, 2.75) is 24.4 Å². The molecule has 0 atom stereocenters. The maximum Gasteiger partial charge on any atom is 0.191 e. The summed E-state index contributed by atoms with van der Waals surface area (Å²) in [6.07, 6.45) is 6.97. The molecule has 3 heterocycles. The minimum Gasteiger partial charge on any atom is -0.455 e. The molecule has 0 unspecified atom stereocenters. The summed E-state index contributed by atoms with van der Waals surface area (Å²) in [4.78, 5) is 8.17. The first-order valence-corrected chi connectivity index (χ1v) is 9.96. The van der Waals surface area contributed by atoms with Crippen molar-refractivity contribution in [3.8, 4) is 22.9 Å². The lowest BCUT2D eigenvalue weighted by Gasteiger charge is -2.11. The Hall–Kier alpha value is -3.19. The number of pyridine rings is 2. The lowest BCUT2D eigenvalue weighted by Crippen LogP contribution is -2.00. The van der Waals surface area contributed by atoms with E-state index in [1.165, 1.54) is 0 Å². The summed E-state index contributed by atoms with van der Waals surface area (Å²) < 4.78 is 8.12. The van der Waals surface area contributed by atoms with Crippen molar-refractivity contribution in [3.05, 3.63) is 78.9 Å². The Kier molecular flexibility index (Phi) is 5.63. The Labute approximate surface area is 167 Å². The smallest absolute Gasteiger partial charge is 0.191 e. The van der Waals surface area contributed by atoms with Crippen LogP contribution in [-0.2, 0) is 12.3 Å². The Bertz CT molecular complexity index is 1040. The van der Waals surface area contributed by atoms with E-state index >= 15 is 0 Å². The molecule has 0 N–H and O–H groups in total. The van der Waals surface area contributed by atoms with Gasteiger partial charge in [-0.2, -0.15) is 0 Å². The van der Waals surface area contributed by atoms with Gasteiger partial charge in [0.1, 0.15) is 11.5 Å². The molecule has 0 bridgehead atoms. The van der Waals surface area contributed by atoms with Gasteiger partial charge in [-0.05, 0) is 37.3 Å². The monoisotopic (exact) mass is 389 g/mol. The van der Waals surface area contributed by atoms with Crippen molar-refractivity contribution < 1.29 is 4.74 Å². The van der Waals surface area contributed by atoms with Crippen LogP contribution in [0.25, 0.3) is 11.4 Å². The summed E-state index contributed by atoms with van der Waals surface area (Å²) in [5, 5.41) is 9.66. The minimum atomic E-state index is 0.719. The number of ether oxygens (including phenoxy) is 1. The summed E-state index contributed by atoms with van der Waals surface area (Å²) in [6.45, 7) is 2.89. The SMILES string of the molecule is CCn1c(SCc2ccccc2Oc2cccnc2)nnc1-c1ccncc1. The van der Waals surface area contributed by atoms with Crippen molar-refractivity contribution in [1.29, 1.82) is 0 Å². The van der Waals surface area contributed by atoms with Crippen molar-refractivity contribution >= 4 is 11.8 Å². The van der Waals surface area contributed by atoms with E-state index in [2.05, 4.69) is 37.7 Å². The highest BCUT2D eigenvalue weighted by molar-refractivity contribution is 7.98. The number of hydrogen-bond donors (Lipinski definition) is 0. The van der Waals surface area contributed by atoms with Gasteiger partial charge in [0.2, 0.25) is 0 Å². The van der Waals surface area contributed by atoms with Crippen molar-refractivity contribution in [1.82, 2.24) is 24.7 Å². The highest BCUT2D eigenvalue weighted by atomic mass is 32.2. The van der Waals surface area contributed by atoms with Crippen LogP contribution in [0.2, 0.25) is 0 Å². The second-order valence-electron chi connectivity index (χ2n) is 5.97. The van der Waals surface area contributed by atoms with E-state index in [4.69, 9.17) is 4.74 Å². The average Bonchev–Trinajstić information content (AvgIpc) is 3.17. The van der Waals surface area contributed by atoms with Crippen LogP contribution < -0.4 is 4.74 Å². The average molecular weight is 389 g/mol. The molecule has 0 saturated carbocycles. The normalized spacial score (nSPS) is 10.8. The van der Waals surface area contributed by atoms with Crippen molar-refractivity contribution in [3.63, 3.8) is 0 Å². The lowest BCUT2D eigenvalue weighted by molar-refractivity contribution is 0.476. The van der Waals surface area contributed by atoms with Crippen LogP contribution in [0, 0.1) is 0 Å². The highest BCUT2D eigenvalue weighted by Crippen LogP contribution is 2.31.